The van der Waals surface area contributed by atoms with Crippen molar-refractivity contribution in [2.24, 2.45) is 0 Å². The first kappa shape index (κ1) is 32.3. The molecule has 0 aromatic heterocycles. The van der Waals surface area contributed by atoms with Crippen molar-refractivity contribution in [1.29, 1.82) is 0 Å². The maximum Gasteiger partial charge on any atom is 0.338 e. The zero-order chi connectivity index (χ0) is 31.5. The second-order valence-corrected chi connectivity index (χ2v) is 9.58. The molecule has 0 unspecified atom stereocenters. The fourth-order valence-corrected chi connectivity index (χ4v) is 3.58. The van der Waals surface area contributed by atoms with Crippen LogP contribution in [0.4, 0.5) is 4.39 Å². The minimum absolute atomic E-state index is 0.00625. The summed E-state index contributed by atoms with van der Waals surface area (Å²) in [7, 11) is 0. The Hall–Kier alpha value is -5.18. The molecule has 3 rings (SSSR count). The quantitative estimate of drug-likeness (QED) is 0.0895. The van der Waals surface area contributed by atoms with Crippen LogP contribution in [-0.2, 0) is 23.9 Å². The number of benzene rings is 3. The average Bonchev–Trinajstić information content (AvgIpc) is 2.97. The summed E-state index contributed by atoms with van der Waals surface area (Å²) in [5, 5.41) is 0. The fourth-order valence-electron chi connectivity index (χ4n) is 3.58. The molecule has 224 valence electrons. The lowest BCUT2D eigenvalue weighted by Gasteiger charge is -2.16. The molecule has 0 aliphatic carbocycles. The molecule has 0 amide bonds. The number of ether oxygens (including phenoxy) is 5. The maximum atomic E-state index is 15.5. The molecule has 0 aliphatic heterocycles. The monoisotopic (exact) mass is 588 g/mol. The Kier molecular flexibility index (Phi) is 11.4. The van der Waals surface area contributed by atoms with Crippen LogP contribution in [0.25, 0.3) is 22.3 Å². The Balaban J connectivity index is 1.80. The predicted molar refractivity (Wildman–Crippen MR) is 160 cm³/mol. The highest BCUT2D eigenvalue weighted by atomic mass is 19.1. The predicted octanol–water partition coefficient (Wildman–Crippen LogP) is 6.64. The molecular formula is C34H33FO8. The third-order valence-corrected chi connectivity index (χ3v) is 5.82. The van der Waals surface area contributed by atoms with Crippen molar-refractivity contribution in [3.63, 3.8) is 0 Å². The highest BCUT2D eigenvalue weighted by Gasteiger charge is 2.15. The molecule has 9 heteroatoms. The summed E-state index contributed by atoms with van der Waals surface area (Å²) >= 11 is 0. The number of rotatable bonds is 14. The lowest BCUT2D eigenvalue weighted by molar-refractivity contribution is -0.140. The molecule has 0 fully saturated rings. The average molecular weight is 589 g/mol. The second-order valence-electron chi connectivity index (χ2n) is 9.58. The first-order chi connectivity index (χ1) is 20.5. The van der Waals surface area contributed by atoms with Gasteiger partial charge in [0.05, 0.1) is 0 Å². The first-order valence-corrected chi connectivity index (χ1v) is 13.3. The van der Waals surface area contributed by atoms with Crippen LogP contribution in [0, 0.1) is 5.82 Å². The SMILES string of the molecule is C=C(C)C(=O)OCCOc1ccc(-c2ccc(-c3ccc(OC(=O)C(=C)C)cc3)cc2F)c(OCCOC(=O)C(=C)C)c1. The summed E-state index contributed by atoms with van der Waals surface area (Å²) < 4.78 is 42.4. The molecular weight excluding hydrogens is 555 g/mol. The molecule has 0 atom stereocenters. The Morgan fingerprint density at radius 3 is 1.67 bits per heavy atom. The van der Waals surface area contributed by atoms with E-state index in [0.717, 1.165) is 0 Å². The zero-order valence-corrected chi connectivity index (χ0v) is 24.4. The van der Waals surface area contributed by atoms with Crippen LogP contribution in [-0.4, -0.2) is 44.3 Å². The van der Waals surface area contributed by atoms with Crippen molar-refractivity contribution in [3.05, 3.63) is 103 Å². The highest BCUT2D eigenvalue weighted by molar-refractivity contribution is 5.89. The van der Waals surface area contributed by atoms with E-state index in [1.165, 1.54) is 13.0 Å². The van der Waals surface area contributed by atoms with Gasteiger partial charge in [0.1, 0.15) is 49.5 Å². The Bertz CT molecular complexity index is 1540. The molecule has 0 N–H and O–H groups in total. The van der Waals surface area contributed by atoms with E-state index in [0.29, 0.717) is 28.2 Å². The van der Waals surface area contributed by atoms with Crippen LogP contribution in [0.1, 0.15) is 20.8 Å². The van der Waals surface area contributed by atoms with Crippen molar-refractivity contribution >= 4 is 17.9 Å². The number of halogens is 1. The van der Waals surface area contributed by atoms with E-state index in [1.54, 1.807) is 68.4 Å². The molecule has 0 saturated carbocycles. The van der Waals surface area contributed by atoms with E-state index in [2.05, 4.69) is 19.7 Å². The summed E-state index contributed by atoms with van der Waals surface area (Å²) in [5.41, 5.74) is 2.85. The van der Waals surface area contributed by atoms with Crippen molar-refractivity contribution < 1.29 is 42.5 Å². The number of hydrogen-bond acceptors (Lipinski definition) is 8. The number of carbonyl (C=O) groups is 3. The van der Waals surface area contributed by atoms with Gasteiger partial charge in [-0.25, -0.2) is 18.8 Å². The summed E-state index contributed by atoms with van der Waals surface area (Å²) in [4.78, 5) is 35.0. The fraction of sp³-hybridized carbons (Fsp3) is 0.206. The van der Waals surface area contributed by atoms with E-state index in [9.17, 15) is 14.4 Å². The summed E-state index contributed by atoms with van der Waals surface area (Å²) in [6.07, 6.45) is 0. The van der Waals surface area contributed by atoms with Gasteiger partial charge in [-0.2, -0.15) is 0 Å². The maximum absolute atomic E-state index is 15.5. The van der Waals surface area contributed by atoms with Gasteiger partial charge in [-0.3, -0.25) is 0 Å². The molecule has 0 saturated heterocycles. The molecule has 0 spiro atoms. The Labute approximate surface area is 250 Å². The van der Waals surface area contributed by atoms with Crippen LogP contribution >= 0.6 is 0 Å². The van der Waals surface area contributed by atoms with Crippen LogP contribution in [0.2, 0.25) is 0 Å². The van der Waals surface area contributed by atoms with E-state index in [-0.39, 0.29) is 54.5 Å². The molecule has 8 nitrogen and oxygen atoms in total. The van der Waals surface area contributed by atoms with Crippen LogP contribution in [0.15, 0.2) is 97.1 Å². The van der Waals surface area contributed by atoms with Gasteiger partial charge in [0.25, 0.3) is 0 Å². The molecule has 0 bridgehead atoms. The van der Waals surface area contributed by atoms with Gasteiger partial charge in [-0.05, 0) is 62.2 Å². The van der Waals surface area contributed by atoms with Gasteiger partial charge in [-0.1, -0.05) is 44.0 Å². The second kappa shape index (κ2) is 15.2. The van der Waals surface area contributed by atoms with Gasteiger partial charge in [0, 0.05) is 33.9 Å². The summed E-state index contributed by atoms with van der Waals surface area (Å²) in [6.45, 7) is 15.3. The van der Waals surface area contributed by atoms with Gasteiger partial charge >= 0.3 is 17.9 Å². The van der Waals surface area contributed by atoms with Gasteiger partial charge in [0.2, 0.25) is 0 Å². The van der Waals surface area contributed by atoms with Crippen molar-refractivity contribution in [2.75, 3.05) is 26.4 Å². The molecule has 0 heterocycles. The molecule has 0 aliphatic rings. The number of esters is 3. The number of carbonyl (C=O) groups excluding carboxylic acids is 3. The van der Waals surface area contributed by atoms with Crippen molar-refractivity contribution in [2.45, 2.75) is 20.8 Å². The van der Waals surface area contributed by atoms with Crippen molar-refractivity contribution in [1.82, 2.24) is 0 Å². The topological polar surface area (TPSA) is 97.4 Å². The Morgan fingerprint density at radius 2 is 1.12 bits per heavy atom. The van der Waals surface area contributed by atoms with Crippen molar-refractivity contribution in [3.8, 4) is 39.5 Å². The Morgan fingerprint density at radius 1 is 0.605 bits per heavy atom. The first-order valence-electron chi connectivity index (χ1n) is 13.3. The molecule has 0 radical (unpaired) electrons. The molecule has 3 aromatic rings. The molecule has 43 heavy (non-hydrogen) atoms. The lowest BCUT2D eigenvalue weighted by Crippen LogP contribution is -2.13. The minimum Gasteiger partial charge on any atom is -0.490 e. The number of hydrogen-bond donors (Lipinski definition) is 0. The van der Waals surface area contributed by atoms with Crippen LogP contribution < -0.4 is 14.2 Å². The zero-order valence-electron chi connectivity index (χ0n) is 24.4. The third-order valence-electron chi connectivity index (χ3n) is 5.82. The smallest absolute Gasteiger partial charge is 0.338 e. The lowest BCUT2D eigenvalue weighted by atomic mass is 9.99. The van der Waals surface area contributed by atoms with E-state index in [4.69, 9.17) is 23.7 Å². The van der Waals surface area contributed by atoms with Crippen LogP contribution in [0.5, 0.6) is 17.2 Å². The van der Waals surface area contributed by atoms with Gasteiger partial charge < -0.3 is 23.7 Å². The summed E-state index contributed by atoms with van der Waals surface area (Å²) in [5.74, 6) is -1.07. The normalized spacial score (nSPS) is 10.3. The molecule has 3 aromatic carbocycles. The third kappa shape index (κ3) is 9.43. The largest absolute Gasteiger partial charge is 0.490 e. The van der Waals surface area contributed by atoms with E-state index in [1.807, 2.05) is 0 Å². The van der Waals surface area contributed by atoms with E-state index >= 15 is 4.39 Å². The van der Waals surface area contributed by atoms with Crippen LogP contribution in [0.3, 0.4) is 0 Å². The van der Waals surface area contributed by atoms with Gasteiger partial charge in [0.15, 0.2) is 0 Å². The minimum atomic E-state index is -0.547. The van der Waals surface area contributed by atoms with E-state index < -0.39 is 23.7 Å². The summed E-state index contributed by atoms with van der Waals surface area (Å²) in [6, 6.07) is 16.3. The highest BCUT2D eigenvalue weighted by Crippen LogP contribution is 2.37. The van der Waals surface area contributed by atoms with Gasteiger partial charge in [-0.15, -0.1) is 0 Å². The standard InChI is InChI=1S/C34H33FO8/c1-21(2)32(36)41-17-15-39-27-12-14-29(31(20-27)40-16-18-42-33(37)22(3)4)28-13-9-25(19-30(28)35)24-7-10-26(11-8-24)43-34(38)23(5)6/h7-14,19-20H,1,3,5,15-18H2,2,4,6H3.